The minimum atomic E-state index is -4.19. The summed E-state index contributed by atoms with van der Waals surface area (Å²) >= 11 is 11.9. The van der Waals surface area contributed by atoms with Crippen LogP contribution >= 0.6 is 23.2 Å². The lowest BCUT2D eigenvalue weighted by molar-refractivity contribution is -0.119. The van der Waals surface area contributed by atoms with Gasteiger partial charge in [-0.1, -0.05) is 23.2 Å². The maximum absolute atomic E-state index is 13.0. The van der Waals surface area contributed by atoms with Gasteiger partial charge in [0, 0.05) is 5.02 Å². The number of halogens is 3. The maximum Gasteiger partial charge on any atom is 0.264 e. The van der Waals surface area contributed by atoms with E-state index in [0.717, 1.165) is 28.6 Å². The molecule has 0 spiro atoms. The van der Waals surface area contributed by atoms with Crippen LogP contribution in [0.1, 0.15) is 0 Å². The first-order valence-electron chi connectivity index (χ1n) is 6.48. The van der Waals surface area contributed by atoms with Gasteiger partial charge in [0.15, 0.2) is 0 Å². The summed E-state index contributed by atoms with van der Waals surface area (Å²) in [5, 5.41) is 0.323. The van der Waals surface area contributed by atoms with Gasteiger partial charge in [0.2, 0.25) is 0 Å². The summed E-state index contributed by atoms with van der Waals surface area (Å²) in [4.78, 5) is 11.4. The van der Waals surface area contributed by atoms with E-state index in [9.17, 15) is 17.6 Å². The number of nitrogens with one attached hydrogen (secondary N) is 1. The maximum atomic E-state index is 13.0. The normalized spacial score (nSPS) is 11.2. The number of hydrazine groups is 1. The molecule has 0 radical (unpaired) electrons. The lowest BCUT2D eigenvalue weighted by Gasteiger charge is -2.24. The molecule has 2 aromatic rings. The first-order valence-corrected chi connectivity index (χ1v) is 8.68. The summed E-state index contributed by atoms with van der Waals surface area (Å²) in [6, 6.07) is 8.29. The molecule has 0 fully saturated rings. The molecule has 3 N–H and O–H groups in total. The number of carbonyl (C=O) groups excluding carboxylic acids is 1. The Balaban J connectivity index is 2.57. The molecule has 0 aliphatic rings. The molecule has 2 aromatic carbocycles. The van der Waals surface area contributed by atoms with E-state index in [1.807, 2.05) is 5.43 Å². The summed E-state index contributed by atoms with van der Waals surface area (Å²) in [7, 11) is -4.19. The van der Waals surface area contributed by atoms with Crippen molar-refractivity contribution in [1.29, 1.82) is 0 Å². The molecule has 0 atom stereocenters. The minimum absolute atomic E-state index is 0.0259. The number of carbonyl (C=O) groups is 1. The fourth-order valence-corrected chi connectivity index (χ4v) is 3.89. The van der Waals surface area contributed by atoms with Gasteiger partial charge in [-0.3, -0.25) is 14.5 Å². The number of nitrogens with zero attached hydrogens (tertiary/aromatic N) is 1. The van der Waals surface area contributed by atoms with E-state index in [2.05, 4.69) is 0 Å². The van der Waals surface area contributed by atoms with Gasteiger partial charge >= 0.3 is 0 Å². The number of nitrogens with two attached hydrogens (primary N) is 1. The number of sulfonamides is 1. The fourth-order valence-electron chi connectivity index (χ4n) is 1.89. The number of hydrogen-bond acceptors (Lipinski definition) is 4. The zero-order chi connectivity index (χ0) is 17.9. The molecule has 0 saturated carbocycles. The first-order chi connectivity index (χ1) is 11.3. The van der Waals surface area contributed by atoms with Crippen LogP contribution in [-0.2, 0) is 14.8 Å². The lowest BCUT2D eigenvalue weighted by Crippen LogP contribution is -2.43. The van der Waals surface area contributed by atoms with Crippen molar-refractivity contribution in [2.24, 2.45) is 5.84 Å². The molecule has 0 aliphatic heterocycles. The molecule has 128 valence electrons. The van der Waals surface area contributed by atoms with Crippen molar-refractivity contribution < 1.29 is 17.6 Å². The topological polar surface area (TPSA) is 92.5 Å². The average molecular weight is 392 g/mol. The van der Waals surface area contributed by atoms with Crippen molar-refractivity contribution in [2.75, 3.05) is 10.8 Å². The number of rotatable bonds is 5. The van der Waals surface area contributed by atoms with Gasteiger partial charge in [0.1, 0.15) is 12.4 Å². The Morgan fingerprint density at radius 1 is 1.17 bits per heavy atom. The van der Waals surface area contributed by atoms with Crippen molar-refractivity contribution in [3.05, 3.63) is 58.3 Å². The molecular formula is C14H12Cl2FN3O3S. The zero-order valence-corrected chi connectivity index (χ0v) is 14.4. The highest BCUT2D eigenvalue weighted by Crippen LogP contribution is 2.32. The summed E-state index contributed by atoms with van der Waals surface area (Å²) in [6.45, 7) is -0.614. The van der Waals surface area contributed by atoms with Crippen LogP contribution in [0.15, 0.2) is 47.4 Å². The third-order valence-corrected chi connectivity index (χ3v) is 5.34. The summed E-state index contributed by atoms with van der Waals surface area (Å²) in [5.41, 5.74) is 1.89. The van der Waals surface area contributed by atoms with E-state index < -0.39 is 28.3 Å². The second-order valence-corrected chi connectivity index (χ2v) is 7.33. The third kappa shape index (κ3) is 3.96. The number of anilines is 1. The molecule has 0 heterocycles. The Kier molecular flexibility index (Phi) is 5.66. The Labute approximate surface area is 148 Å². The summed E-state index contributed by atoms with van der Waals surface area (Å²) in [6.07, 6.45) is 0. The zero-order valence-electron chi connectivity index (χ0n) is 12.0. The largest absolute Gasteiger partial charge is 0.293 e. The fraction of sp³-hybridized carbons (Fsp3) is 0.0714. The molecule has 24 heavy (non-hydrogen) atoms. The highest BCUT2D eigenvalue weighted by molar-refractivity contribution is 7.92. The smallest absolute Gasteiger partial charge is 0.264 e. The van der Waals surface area contributed by atoms with Crippen LogP contribution in [0.25, 0.3) is 0 Å². The molecule has 0 bridgehead atoms. The summed E-state index contributed by atoms with van der Waals surface area (Å²) < 4.78 is 39.5. The second kappa shape index (κ2) is 7.35. The first kappa shape index (κ1) is 18.5. The number of benzene rings is 2. The van der Waals surface area contributed by atoms with E-state index >= 15 is 0 Å². The monoisotopic (exact) mass is 391 g/mol. The highest BCUT2D eigenvalue weighted by Gasteiger charge is 2.28. The lowest BCUT2D eigenvalue weighted by atomic mass is 10.3. The molecule has 1 amide bonds. The highest BCUT2D eigenvalue weighted by atomic mass is 35.5. The van der Waals surface area contributed by atoms with Gasteiger partial charge in [-0.2, -0.15) is 0 Å². The van der Waals surface area contributed by atoms with Gasteiger partial charge in [-0.05, 0) is 42.5 Å². The number of amides is 1. The predicted octanol–water partition coefficient (Wildman–Crippen LogP) is 2.32. The minimum Gasteiger partial charge on any atom is -0.293 e. The molecule has 10 heteroatoms. The van der Waals surface area contributed by atoms with Crippen LogP contribution in [0.2, 0.25) is 10.0 Å². The molecule has 0 saturated heterocycles. The van der Waals surface area contributed by atoms with Crippen molar-refractivity contribution in [1.82, 2.24) is 5.43 Å². The average Bonchev–Trinajstić information content (AvgIpc) is 2.53. The second-order valence-electron chi connectivity index (χ2n) is 4.63. The third-order valence-electron chi connectivity index (χ3n) is 3.03. The van der Waals surface area contributed by atoms with Crippen molar-refractivity contribution in [3.63, 3.8) is 0 Å². The molecular weight excluding hydrogens is 380 g/mol. The van der Waals surface area contributed by atoms with E-state index in [-0.39, 0.29) is 15.6 Å². The standard InChI is InChI=1S/C14H12Cl2FN3O3S/c15-9-1-6-13(12(16)7-9)20(8-14(21)19-18)24(22,23)11-4-2-10(17)3-5-11/h1-7H,8,18H2,(H,19,21). The Hall–Kier alpha value is -1.87. The molecule has 0 aromatic heterocycles. The van der Waals surface area contributed by atoms with Crippen molar-refractivity contribution in [3.8, 4) is 0 Å². The van der Waals surface area contributed by atoms with Gasteiger partial charge < -0.3 is 0 Å². The van der Waals surface area contributed by atoms with Crippen molar-refractivity contribution in [2.45, 2.75) is 4.90 Å². The quantitative estimate of drug-likeness (QED) is 0.464. The van der Waals surface area contributed by atoms with Crippen LogP contribution in [0.4, 0.5) is 10.1 Å². The molecule has 2 rings (SSSR count). The SMILES string of the molecule is NNC(=O)CN(c1ccc(Cl)cc1Cl)S(=O)(=O)c1ccc(F)cc1. The Morgan fingerprint density at radius 3 is 2.33 bits per heavy atom. The number of hydrogen-bond donors (Lipinski definition) is 2. The van der Waals surface area contributed by atoms with E-state index in [1.165, 1.54) is 18.2 Å². The molecule has 0 unspecified atom stereocenters. The van der Waals surface area contributed by atoms with E-state index in [1.54, 1.807) is 0 Å². The van der Waals surface area contributed by atoms with Gasteiger partial charge in [0.25, 0.3) is 15.9 Å². The van der Waals surface area contributed by atoms with Crippen LogP contribution in [0, 0.1) is 5.82 Å². The van der Waals surface area contributed by atoms with Gasteiger partial charge in [-0.15, -0.1) is 0 Å². The Morgan fingerprint density at radius 2 is 1.79 bits per heavy atom. The van der Waals surface area contributed by atoms with Gasteiger partial charge in [0.05, 0.1) is 15.6 Å². The van der Waals surface area contributed by atoms with Crippen LogP contribution < -0.4 is 15.6 Å². The van der Waals surface area contributed by atoms with Crippen LogP contribution in [0.5, 0.6) is 0 Å². The van der Waals surface area contributed by atoms with E-state index in [0.29, 0.717) is 5.02 Å². The van der Waals surface area contributed by atoms with Crippen LogP contribution in [0.3, 0.4) is 0 Å². The molecule has 6 nitrogen and oxygen atoms in total. The predicted molar refractivity (Wildman–Crippen MR) is 89.7 cm³/mol. The van der Waals surface area contributed by atoms with Crippen molar-refractivity contribution >= 4 is 44.8 Å². The van der Waals surface area contributed by atoms with Gasteiger partial charge in [-0.25, -0.2) is 18.7 Å². The Bertz CT molecular complexity index is 860. The van der Waals surface area contributed by atoms with Crippen LogP contribution in [-0.4, -0.2) is 20.9 Å². The molecule has 0 aliphatic carbocycles. The summed E-state index contributed by atoms with van der Waals surface area (Å²) in [5.74, 6) is 3.69. The van der Waals surface area contributed by atoms with E-state index in [4.69, 9.17) is 29.0 Å².